The van der Waals surface area contributed by atoms with Crippen LogP contribution in [-0.4, -0.2) is 45.6 Å². The summed E-state index contributed by atoms with van der Waals surface area (Å²) >= 11 is 1.42. The number of hydrogen-bond acceptors (Lipinski definition) is 6. The van der Waals surface area contributed by atoms with E-state index < -0.39 is 30.8 Å². The molecule has 0 bridgehead atoms. The first kappa shape index (κ1) is 24.2. The highest BCUT2D eigenvalue weighted by Gasteiger charge is 2.48. The molecule has 2 aliphatic carbocycles. The second-order valence-electron chi connectivity index (χ2n) is 10.2. The highest BCUT2D eigenvalue weighted by molar-refractivity contribution is 7.09. The monoisotopic (exact) mass is 533 g/mol. The lowest BCUT2D eigenvalue weighted by molar-refractivity contribution is -0.149. The van der Waals surface area contributed by atoms with Gasteiger partial charge in [-0.25, -0.2) is 14.8 Å². The minimum atomic E-state index is -4.49. The Morgan fingerprint density at radius 3 is 2.59 bits per heavy atom. The lowest BCUT2D eigenvalue weighted by Gasteiger charge is -2.25. The van der Waals surface area contributed by atoms with E-state index >= 15 is 0 Å². The number of hydrogen-bond donors (Lipinski definition) is 2. The van der Waals surface area contributed by atoms with Crippen LogP contribution in [0.4, 0.5) is 18.0 Å². The molecule has 2 aromatic heterocycles. The zero-order valence-electron chi connectivity index (χ0n) is 20.0. The number of carbonyl (C=O) groups excluding carboxylic acids is 2. The smallest absolute Gasteiger partial charge is 0.410 e. The van der Waals surface area contributed by atoms with Gasteiger partial charge >= 0.3 is 12.2 Å². The number of amides is 3. The number of fused-ring (bicyclic) bond motifs is 1. The van der Waals surface area contributed by atoms with Crippen molar-refractivity contribution in [2.24, 2.45) is 17.8 Å². The number of oxazole rings is 1. The van der Waals surface area contributed by atoms with Crippen molar-refractivity contribution in [3.63, 3.8) is 0 Å². The van der Waals surface area contributed by atoms with E-state index in [0.717, 1.165) is 35.5 Å². The van der Waals surface area contributed by atoms with Gasteiger partial charge in [-0.1, -0.05) is 6.07 Å². The molecule has 196 valence electrons. The third-order valence-electron chi connectivity index (χ3n) is 7.46. The first-order valence-corrected chi connectivity index (χ1v) is 13.3. The first-order chi connectivity index (χ1) is 17.7. The molecule has 12 heteroatoms. The largest absolute Gasteiger partial charge is 0.438 e. The van der Waals surface area contributed by atoms with E-state index in [-0.39, 0.29) is 18.4 Å². The zero-order chi connectivity index (χ0) is 25.9. The highest BCUT2D eigenvalue weighted by atomic mass is 32.1. The summed E-state index contributed by atoms with van der Waals surface area (Å²) in [6, 6.07) is 2.12. The Kier molecular flexibility index (Phi) is 5.89. The molecule has 3 aliphatic rings. The van der Waals surface area contributed by atoms with Crippen molar-refractivity contribution in [1.29, 1.82) is 0 Å². The average Bonchev–Trinajstić information content (AvgIpc) is 3.74. The summed E-state index contributed by atoms with van der Waals surface area (Å²) in [6.07, 6.45) is -0.0323. The van der Waals surface area contributed by atoms with Crippen LogP contribution in [-0.2, 0) is 6.54 Å². The number of nitrogens with zero attached hydrogens (tertiary/aromatic N) is 3. The molecule has 2 atom stereocenters. The van der Waals surface area contributed by atoms with Gasteiger partial charge in [0.15, 0.2) is 5.58 Å². The molecule has 8 nitrogen and oxygen atoms in total. The molecule has 1 aliphatic heterocycles. The Labute approximate surface area is 214 Å². The second-order valence-corrected chi connectivity index (χ2v) is 11.3. The normalized spacial score (nSPS) is 21.1. The molecule has 1 saturated heterocycles. The van der Waals surface area contributed by atoms with E-state index in [4.69, 9.17) is 9.40 Å². The van der Waals surface area contributed by atoms with Gasteiger partial charge in [0, 0.05) is 11.4 Å². The average molecular weight is 534 g/mol. The molecular weight excluding hydrogens is 507 g/mol. The fourth-order valence-corrected chi connectivity index (χ4v) is 5.87. The van der Waals surface area contributed by atoms with Crippen LogP contribution in [0, 0.1) is 24.7 Å². The van der Waals surface area contributed by atoms with E-state index in [1.165, 1.54) is 11.3 Å². The van der Waals surface area contributed by atoms with E-state index in [1.54, 1.807) is 23.7 Å². The number of aromatic nitrogens is 2. The molecule has 1 aromatic carbocycles. The van der Waals surface area contributed by atoms with Crippen molar-refractivity contribution in [3.05, 3.63) is 45.7 Å². The fourth-order valence-electron chi connectivity index (χ4n) is 5.30. The summed E-state index contributed by atoms with van der Waals surface area (Å²) < 4.78 is 45.2. The lowest BCUT2D eigenvalue weighted by Crippen LogP contribution is -2.40. The summed E-state index contributed by atoms with van der Waals surface area (Å²) in [4.78, 5) is 36.1. The maximum atomic E-state index is 13.1. The molecule has 3 amide bonds. The first-order valence-electron chi connectivity index (χ1n) is 12.4. The van der Waals surface area contributed by atoms with Crippen LogP contribution in [0.1, 0.15) is 58.5 Å². The van der Waals surface area contributed by atoms with Crippen LogP contribution in [0.5, 0.6) is 0 Å². The number of alkyl halides is 3. The number of benzene rings is 1. The molecule has 6 rings (SSSR count). The minimum absolute atomic E-state index is 0.0204. The van der Waals surface area contributed by atoms with Gasteiger partial charge in [0.2, 0.25) is 5.89 Å². The van der Waals surface area contributed by atoms with Crippen molar-refractivity contribution in [2.45, 2.75) is 57.4 Å². The standard InChI is InChI=1S/C25H26F3N5O3S/c1-12-20(29-11-37-12)22(34)32-21(19(14-3-4-14)15-5-6-15)23-30-16-8-13(2-7-17(16)36-23)9-33-10-18(25(26,27)28)31-24(33)35/h2,7-8,11,14-15,18-19,21H,3-6,9-10H2,1H3,(H,31,35)(H,32,34). The summed E-state index contributed by atoms with van der Waals surface area (Å²) in [5.41, 5.74) is 3.75. The number of halogens is 3. The van der Waals surface area contributed by atoms with Gasteiger partial charge in [-0.15, -0.1) is 11.3 Å². The van der Waals surface area contributed by atoms with Gasteiger partial charge in [-0.05, 0) is 68.1 Å². The Morgan fingerprint density at radius 2 is 2.00 bits per heavy atom. The zero-order valence-corrected chi connectivity index (χ0v) is 20.9. The van der Waals surface area contributed by atoms with Crippen molar-refractivity contribution in [3.8, 4) is 0 Å². The van der Waals surface area contributed by atoms with Gasteiger partial charge in [-0.3, -0.25) is 4.79 Å². The number of thiazole rings is 1. The molecule has 3 aromatic rings. The molecule has 37 heavy (non-hydrogen) atoms. The fraction of sp³-hybridized carbons (Fsp3) is 0.520. The van der Waals surface area contributed by atoms with Crippen LogP contribution in [0.3, 0.4) is 0 Å². The summed E-state index contributed by atoms with van der Waals surface area (Å²) in [5, 5.41) is 5.14. The highest BCUT2D eigenvalue weighted by Crippen LogP contribution is 2.54. The quantitative estimate of drug-likeness (QED) is 0.427. The van der Waals surface area contributed by atoms with Crippen LogP contribution in [0.25, 0.3) is 11.1 Å². The Morgan fingerprint density at radius 1 is 1.27 bits per heavy atom. The predicted molar refractivity (Wildman–Crippen MR) is 129 cm³/mol. The molecule has 3 heterocycles. The topological polar surface area (TPSA) is 100 Å². The van der Waals surface area contributed by atoms with Crippen LogP contribution >= 0.6 is 11.3 Å². The third-order valence-corrected chi connectivity index (χ3v) is 8.21. The van der Waals surface area contributed by atoms with Crippen LogP contribution in [0.15, 0.2) is 28.1 Å². The summed E-state index contributed by atoms with van der Waals surface area (Å²) in [6.45, 7) is 1.44. The Bertz CT molecular complexity index is 1330. The van der Waals surface area contributed by atoms with Crippen molar-refractivity contribution < 1.29 is 27.2 Å². The van der Waals surface area contributed by atoms with Crippen molar-refractivity contribution in [1.82, 2.24) is 25.5 Å². The summed E-state index contributed by atoms with van der Waals surface area (Å²) in [7, 11) is 0. The minimum Gasteiger partial charge on any atom is -0.438 e. The van der Waals surface area contributed by atoms with Crippen LogP contribution in [0.2, 0.25) is 0 Å². The Hall–Kier alpha value is -3.15. The molecule has 0 radical (unpaired) electrons. The number of carbonyl (C=O) groups is 2. The molecule has 2 N–H and O–H groups in total. The Balaban J connectivity index is 1.26. The van der Waals surface area contributed by atoms with Crippen LogP contribution < -0.4 is 10.6 Å². The number of rotatable bonds is 8. The van der Waals surface area contributed by atoms with E-state index in [2.05, 4.69) is 10.3 Å². The van der Waals surface area contributed by atoms with Gasteiger partial charge < -0.3 is 20.0 Å². The molecular formula is C25H26F3N5O3S. The number of nitrogens with one attached hydrogen (secondary N) is 2. The lowest BCUT2D eigenvalue weighted by atomic mass is 9.89. The number of aryl methyl sites for hydroxylation is 1. The predicted octanol–water partition coefficient (Wildman–Crippen LogP) is 4.96. The van der Waals surface area contributed by atoms with Gasteiger partial charge in [0.05, 0.1) is 12.1 Å². The SMILES string of the molecule is Cc1scnc1C(=O)NC(c1nc2cc(CN3CC(C(F)(F)F)NC3=O)ccc2o1)C(C1CC1)C1CC1. The molecule has 2 unspecified atom stereocenters. The van der Waals surface area contributed by atoms with Crippen molar-refractivity contribution in [2.75, 3.05) is 6.54 Å². The molecule has 0 spiro atoms. The second kappa shape index (κ2) is 9.00. The summed E-state index contributed by atoms with van der Waals surface area (Å²) in [5.74, 6) is 1.42. The number of urea groups is 1. The maximum absolute atomic E-state index is 13.1. The van der Waals surface area contributed by atoms with E-state index in [1.807, 2.05) is 12.2 Å². The molecule has 2 saturated carbocycles. The maximum Gasteiger partial charge on any atom is 0.410 e. The van der Waals surface area contributed by atoms with Crippen molar-refractivity contribution >= 4 is 34.4 Å². The van der Waals surface area contributed by atoms with E-state index in [0.29, 0.717) is 40.1 Å². The molecule has 3 fully saturated rings. The van der Waals surface area contributed by atoms with Gasteiger partial charge in [-0.2, -0.15) is 13.2 Å². The van der Waals surface area contributed by atoms with Gasteiger partial charge in [0.25, 0.3) is 5.91 Å². The van der Waals surface area contributed by atoms with Gasteiger partial charge in [0.1, 0.15) is 23.3 Å². The van der Waals surface area contributed by atoms with E-state index in [9.17, 15) is 22.8 Å². The third kappa shape index (κ3) is 4.90.